The van der Waals surface area contributed by atoms with Crippen LogP contribution in [0.2, 0.25) is 0 Å². The Kier molecular flexibility index (Phi) is 3.58. The molecule has 0 atom stereocenters. The highest BCUT2D eigenvalue weighted by Gasteiger charge is 2.24. The molecule has 0 radical (unpaired) electrons. The van der Waals surface area contributed by atoms with Gasteiger partial charge in [-0.05, 0) is 44.9 Å². The normalized spacial score (nSPS) is 11.2. The number of hydrogen-bond donors (Lipinski definition) is 1. The Morgan fingerprint density at radius 2 is 2.00 bits per heavy atom. The van der Waals surface area contributed by atoms with Crippen molar-refractivity contribution < 1.29 is 14.6 Å². The SMILES string of the molecule is Cc1cccc(OC(C)(C)CC(=O)O)c1C. The Hall–Kier alpha value is -1.51. The first-order valence-electron chi connectivity index (χ1n) is 5.29. The summed E-state index contributed by atoms with van der Waals surface area (Å²) < 4.78 is 5.74. The fourth-order valence-electron chi connectivity index (χ4n) is 1.53. The van der Waals surface area contributed by atoms with E-state index in [2.05, 4.69) is 0 Å². The van der Waals surface area contributed by atoms with E-state index in [1.54, 1.807) is 13.8 Å². The van der Waals surface area contributed by atoms with Gasteiger partial charge in [-0.25, -0.2) is 0 Å². The van der Waals surface area contributed by atoms with Crippen molar-refractivity contribution >= 4 is 5.97 Å². The molecule has 0 unspecified atom stereocenters. The summed E-state index contributed by atoms with van der Waals surface area (Å²) in [4.78, 5) is 10.7. The number of carboxylic acids is 1. The third kappa shape index (κ3) is 3.26. The van der Waals surface area contributed by atoms with Gasteiger partial charge in [-0.15, -0.1) is 0 Å². The summed E-state index contributed by atoms with van der Waals surface area (Å²) in [6.07, 6.45) is -0.0135. The van der Waals surface area contributed by atoms with Crippen LogP contribution in [-0.2, 0) is 4.79 Å². The Balaban J connectivity index is 2.87. The van der Waals surface area contributed by atoms with Crippen LogP contribution in [0.1, 0.15) is 31.4 Å². The molecule has 0 aromatic heterocycles. The summed E-state index contributed by atoms with van der Waals surface area (Å²) in [7, 11) is 0. The summed E-state index contributed by atoms with van der Waals surface area (Å²) in [5, 5.41) is 8.77. The lowest BCUT2D eigenvalue weighted by Gasteiger charge is -2.26. The van der Waals surface area contributed by atoms with Crippen LogP contribution in [0.15, 0.2) is 18.2 Å². The minimum Gasteiger partial charge on any atom is -0.487 e. The van der Waals surface area contributed by atoms with Crippen molar-refractivity contribution in [3.8, 4) is 5.75 Å². The molecule has 3 heteroatoms. The lowest BCUT2D eigenvalue weighted by Crippen LogP contribution is -2.31. The molecule has 1 N–H and O–H groups in total. The molecule has 1 aromatic carbocycles. The summed E-state index contributed by atoms with van der Waals surface area (Å²) in [6, 6.07) is 5.78. The zero-order valence-electron chi connectivity index (χ0n) is 10.2. The second-order valence-electron chi connectivity index (χ2n) is 4.63. The number of aliphatic carboxylic acids is 1. The molecule has 0 aliphatic heterocycles. The quantitative estimate of drug-likeness (QED) is 0.852. The van der Waals surface area contributed by atoms with Gasteiger partial charge in [0, 0.05) is 0 Å². The largest absolute Gasteiger partial charge is 0.487 e. The molecule has 16 heavy (non-hydrogen) atoms. The average molecular weight is 222 g/mol. The van der Waals surface area contributed by atoms with E-state index < -0.39 is 11.6 Å². The van der Waals surface area contributed by atoms with Crippen LogP contribution < -0.4 is 4.74 Å². The van der Waals surface area contributed by atoms with Crippen LogP contribution in [0, 0.1) is 13.8 Å². The van der Waals surface area contributed by atoms with Crippen LogP contribution in [-0.4, -0.2) is 16.7 Å². The smallest absolute Gasteiger partial charge is 0.307 e. The predicted molar refractivity (Wildman–Crippen MR) is 62.9 cm³/mol. The minimum absolute atomic E-state index is 0.0135. The van der Waals surface area contributed by atoms with Crippen molar-refractivity contribution in [1.82, 2.24) is 0 Å². The second-order valence-corrected chi connectivity index (χ2v) is 4.63. The maximum absolute atomic E-state index is 10.7. The standard InChI is InChI=1S/C13H18O3/c1-9-6-5-7-11(10(9)2)16-13(3,4)8-12(14)15/h5-7H,8H2,1-4H3,(H,14,15). The van der Waals surface area contributed by atoms with Gasteiger partial charge in [-0.1, -0.05) is 12.1 Å². The number of benzene rings is 1. The molecule has 0 heterocycles. The maximum Gasteiger partial charge on any atom is 0.307 e. The van der Waals surface area contributed by atoms with Gasteiger partial charge in [0.15, 0.2) is 0 Å². The van der Waals surface area contributed by atoms with Crippen molar-refractivity contribution in [2.45, 2.75) is 39.7 Å². The molecular formula is C13H18O3. The van der Waals surface area contributed by atoms with Gasteiger partial charge in [0.05, 0.1) is 6.42 Å². The van der Waals surface area contributed by atoms with Gasteiger partial charge in [0.25, 0.3) is 0 Å². The third-order valence-corrected chi connectivity index (χ3v) is 2.52. The van der Waals surface area contributed by atoms with E-state index in [0.29, 0.717) is 0 Å². The number of carboxylic acid groups (broad SMARTS) is 1. The summed E-state index contributed by atoms with van der Waals surface area (Å²) in [5.41, 5.74) is 1.51. The van der Waals surface area contributed by atoms with Crippen LogP contribution in [0.5, 0.6) is 5.75 Å². The van der Waals surface area contributed by atoms with Crippen LogP contribution in [0.4, 0.5) is 0 Å². The maximum atomic E-state index is 10.7. The number of hydrogen-bond acceptors (Lipinski definition) is 2. The zero-order chi connectivity index (χ0) is 12.3. The number of rotatable bonds is 4. The van der Waals surface area contributed by atoms with Gasteiger partial charge in [-0.2, -0.15) is 0 Å². The van der Waals surface area contributed by atoms with Gasteiger partial charge in [-0.3, -0.25) is 4.79 Å². The highest BCUT2D eigenvalue weighted by molar-refractivity contribution is 5.68. The number of ether oxygens (including phenoxy) is 1. The molecule has 0 saturated carbocycles. The summed E-state index contributed by atoms with van der Waals surface area (Å²) in [5.74, 6) is -0.0958. The van der Waals surface area contributed by atoms with Crippen molar-refractivity contribution in [2.75, 3.05) is 0 Å². The molecule has 0 bridgehead atoms. The second kappa shape index (κ2) is 4.56. The topological polar surface area (TPSA) is 46.5 Å². The van der Waals surface area contributed by atoms with E-state index >= 15 is 0 Å². The highest BCUT2D eigenvalue weighted by Crippen LogP contribution is 2.26. The van der Waals surface area contributed by atoms with Crippen LogP contribution in [0.3, 0.4) is 0 Å². The first kappa shape index (κ1) is 12.6. The lowest BCUT2D eigenvalue weighted by molar-refractivity contribution is -0.140. The van der Waals surface area contributed by atoms with E-state index in [1.807, 2.05) is 32.0 Å². The fraction of sp³-hybridized carbons (Fsp3) is 0.462. The average Bonchev–Trinajstić information content (AvgIpc) is 2.10. The Morgan fingerprint density at radius 3 is 2.56 bits per heavy atom. The first-order chi connectivity index (χ1) is 7.32. The molecule has 0 aliphatic rings. The Morgan fingerprint density at radius 1 is 1.38 bits per heavy atom. The predicted octanol–water partition coefficient (Wildman–Crippen LogP) is 2.94. The van der Waals surface area contributed by atoms with Gasteiger partial charge in [0.1, 0.15) is 11.4 Å². The molecule has 0 fully saturated rings. The zero-order valence-corrected chi connectivity index (χ0v) is 10.2. The molecular weight excluding hydrogens is 204 g/mol. The number of carbonyl (C=O) groups is 1. The third-order valence-electron chi connectivity index (χ3n) is 2.52. The Bertz CT molecular complexity index is 394. The highest BCUT2D eigenvalue weighted by atomic mass is 16.5. The van der Waals surface area contributed by atoms with E-state index in [9.17, 15) is 4.79 Å². The van der Waals surface area contributed by atoms with Crippen molar-refractivity contribution in [2.24, 2.45) is 0 Å². The van der Waals surface area contributed by atoms with Gasteiger partial charge < -0.3 is 9.84 Å². The van der Waals surface area contributed by atoms with Gasteiger partial charge >= 0.3 is 5.97 Å². The monoisotopic (exact) mass is 222 g/mol. The fourth-order valence-corrected chi connectivity index (χ4v) is 1.53. The molecule has 1 aromatic rings. The van der Waals surface area contributed by atoms with E-state index in [1.165, 1.54) is 0 Å². The lowest BCUT2D eigenvalue weighted by atomic mass is 10.0. The van der Waals surface area contributed by atoms with Crippen molar-refractivity contribution in [3.05, 3.63) is 29.3 Å². The molecule has 3 nitrogen and oxygen atoms in total. The van der Waals surface area contributed by atoms with Crippen LogP contribution >= 0.6 is 0 Å². The molecule has 0 aliphatic carbocycles. The van der Waals surface area contributed by atoms with E-state index in [0.717, 1.165) is 16.9 Å². The van der Waals surface area contributed by atoms with E-state index in [-0.39, 0.29) is 6.42 Å². The molecule has 0 amide bonds. The molecule has 88 valence electrons. The molecule has 0 spiro atoms. The van der Waals surface area contributed by atoms with Crippen LogP contribution in [0.25, 0.3) is 0 Å². The number of aryl methyl sites for hydroxylation is 1. The van der Waals surface area contributed by atoms with Crippen molar-refractivity contribution in [3.63, 3.8) is 0 Å². The Labute approximate surface area is 96.1 Å². The minimum atomic E-state index is -0.852. The summed E-state index contributed by atoms with van der Waals surface area (Å²) in [6.45, 7) is 7.54. The molecule has 1 rings (SSSR count). The molecule has 0 saturated heterocycles. The van der Waals surface area contributed by atoms with E-state index in [4.69, 9.17) is 9.84 Å². The first-order valence-corrected chi connectivity index (χ1v) is 5.29. The summed E-state index contributed by atoms with van der Waals surface area (Å²) >= 11 is 0. The van der Waals surface area contributed by atoms with Gasteiger partial charge in [0.2, 0.25) is 0 Å². The van der Waals surface area contributed by atoms with Crippen molar-refractivity contribution in [1.29, 1.82) is 0 Å².